The van der Waals surface area contributed by atoms with Gasteiger partial charge in [0.2, 0.25) is 0 Å². The Balaban J connectivity index is 2.66. The molecule has 0 spiro atoms. The van der Waals surface area contributed by atoms with Crippen molar-refractivity contribution in [1.82, 2.24) is 4.98 Å². The zero-order chi connectivity index (χ0) is 9.68. The summed E-state index contributed by atoms with van der Waals surface area (Å²) >= 11 is 5.66. The summed E-state index contributed by atoms with van der Waals surface area (Å²) in [7, 11) is 0. The van der Waals surface area contributed by atoms with Gasteiger partial charge in [-0.1, -0.05) is 11.6 Å². The molecule has 1 heterocycles. The van der Waals surface area contributed by atoms with E-state index in [9.17, 15) is 5.11 Å². The second-order valence-corrected chi connectivity index (χ2v) is 3.06. The van der Waals surface area contributed by atoms with E-state index in [1.165, 1.54) is 0 Å². The zero-order valence-electron chi connectivity index (χ0n) is 7.07. The minimum atomic E-state index is -0.545. The molecule has 1 aromatic rings. The smallest absolute Gasteiger partial charge is 0.129 e. The highest BCUT2D eigenvalue weighted by molar-refractivity contribution is 6.29. The van der Waals surface area contributed by atoms with E-state index in [1.807, 2.05) is 0 Å². The molecule has 0 aliphatic rings. The first-order valence-corrected chi connectivity index (χ1v) is 4.35. The minimum absolute atomic E-state index is 0.386. The summed E-state index contributed by atoms with van der Waals surface area (Å²) in [5.41, 5.74) is 0.759. The summed E-state index contributed by atoms with van der Waals surface area (Å²) in [6.45, 7) is 0. The van der Waals surface area contributed by atoms with Crippen molar-refractivity contribution >= 4 is 11.6 Å². The molecule has 13 heavy (non-hydrogen) atoms. The van der Waals surface area contributed by atoms with Crippen molar-refractivity contribution < 1.29 is 5.11 Å². The molecule has 2 nitrogen and oxygen atoms in total. The van der Waals surface area contributed by atoms with Crippen LogP contribution in [0.2, 0.25) is 5.15 Å². The maximum Gasteiger partial charge on any atom is 0.129 e. The molecule has 68 valence electrons. The third-order valence-corrected chi connectivity index (χ3v) is 1.90. The average molecular weight is 196 g/mol. The monoisotopic (exact) mass is 195 g/mol. The van der Waals surface area contributed by atoms with Crippen LogP contribution in [-0.2, 0) is 0 Å². The molecule has 0 aromatic carbocycles. The lowest BCUT2D eigenvalue weighted by atomic mass is 10.1. The Hall–Kier alpha value is -1.04. The highest BCUT2D eigenvalue weighted by atomic mass is 35.5. The van der Waals surface area contributed by atoms with Crippen LogP contribution in [0.15, 0.2) is 18.3 Å². The number of aliphatic hydroxyl groups excluding tert-OH is 1. The summed E-state index contributed by atoms with van der Waals surface area (Å²) in [4.78, 5) is 3.82. The largest absolute Gasteiger partial charge is 0.388 e. The lowest BCUT2D eigenvalue weighted by Gasteiger charge is -2.08. The molecule has 0 amide bonds. The number of nitrogens with zero attached hydrogens (tertiary/aromatic N) is 1. The first-order valence-electron chi connectivity index (χ1n) is 3.97. The van der Waals surface area contributed by atoms with Gasteiger partial charge in [0.05, 0.1) is 6.10 Å². The molecule has 1 aromatic heterocycles. The Morgan fingerprint density at radius 1 is 1.69 bits per heavy atom. The van der Waals surface area contributed by atoms with Crippen LogP contribution in [-0.4, -0.2) is 10.1 Å². The van der Waals surface area contributed by atoms with Crippen molar-refractivity contribution in [3.8, 4) is 12.3 Å². The van der Waals surface area contributed by atoms with Gasteiger partial charge in [-0.25, -0.2) is 4.98 Å². The minimum Gasteiger partial charge on any atom is -0.388 e. The van der Waals surface area contributed by atoms with Crippen molar-refractivity contribution in [2.75, 3.05) is 0 Å². The van der Waals surface area contributed by atoms with Gasteiger partial charge in [-0.3, -0.25) is 0 Å². The lowest BCUT2D eigenvalue weighted by Crippen LogP contribution is -1.96. The van der Waals surface area contributed by atoms with Gasteiger partial charge >= 0.3 is 0 Å². The molecule has 0 bridgehead atoms. The fraction of sp³-hybridized carbons (Fsp3) is 0.300. The van der Waals surface area contributed by atoms with Crippen LogP contribution in [0.3, 0.4) is 0 Å². The number of halogens is 1. The van der Waals surface area contributed by atoms with E-state index >= 15 is 0 Å². The molecule has 0 saturated carbocycles. The average Bonchev–Trinajstić information content (AvgIpc) is 2.14. The van der Waals surface area contributed by atoms with Crippen molar-refractivity contribution in [2.24, 2.45) is 0 Å². The third-order valence-electron chi connectivity index (χ3n) is 1.70. The van der Waals surface area contributed by atoms with Gasteiger partial charge in [0.15, 0.2) is 0 Å². The van der Waals surface area contributed by atoms with Crippen molar-refractivity contribution in [1.29, 1.82) is 0 Å². The van der Waals surface area contributed by atoms with Gasteiger partial charge in [-0.05, 0) is 24.1 Å². The number of hydrogen-bond acceptors (Lipinski definition) is 2. The molecule has 0 aliphatic carbocycles. The fourth-order valence-corrected chi connectivity index (χ4v) is 1.19. The highest BCUT2D eigenvalue weighted by Gasteiger charge is 2.06. The van der Waals surface area contributed by atoms with E-state index in [0.29, 0.717) is 18.0 Å². The topological polar surface area (TPSA) is 33.1 Å². The van der Waals surface area contributed by atoms with E-state index in [0.717, 1.165) is 5.56 Å². The van der Waals surface area contributed by atoms with E-state index in [1.54, 1.807) is 18.3 Å². The number of terminal acetylenes is 1. The molecule has 0 radical (unpaired) electrons. The number of rotatable bonds is 3. The van der Waals surface area contributed by atoms with Crippen LogP contribution in [0.5, 0.6) is 0 Å². The number of pyridine rings is 1. The summed E-state index contributed by atoms with van der Waals surface area (Å²) in [5.74, 6) is 2.47. The van der Waals surface area contributed by atoms with Crippen LogP contribution in [0.1, 0.15) is 24.5 Å². The van der Waals surface area contributed by atoms with Crippen LogP contribution in [0.4, 0.5) is 0 Å². The second kappa shape index (κ2) is 4.86. The molecule has 0 fully saturated rings. The fourth-order valence-electron chi connectivity index (χ4n) is 1.01. The molecule has 0 aliphatic heterocycles. The summed E-state index contributed by atoms with van der Waals surface area (Å²) in [6.07, 6.45) is 7.22. The molecule has 3 heteroatoms. The molecule has 0 saturated heterocycles. The Morgan fingerprint density at radius 3 is 3.08 bits per heavy atom. The van der Waals surface area contributed by atoms with Gasteiger partial charge < -0.3 is 5.11 Å². The number of hydrogen-bond donors (Lipinski definition) is 1. The Morgan fingerprint density at radius 2 is 2.46 bits per heavy atom. The summed E-state index contributed by atoms with van der Waals surface area (Å²) in [5, 5.41) is 9.98. The predicted molar refractivity (Wildman–Crippen MR) is 52.3 cm³/mol. The molecule has 1 rings (SSSR count). The van der Waals surface area contributed by atoms with Crippen molar-refractivity contribution in [2.45, 2.75) is 18.9 Å². The van der Waals surface area contributed by atoms with Gasteiger partial charge in [-0.15, -0.1) is 12.3 Å². The Kier molecular flexibility index (Phi) is 3.75. The molecule has 1 atom stereocenters. The van der Waals surface area contributed by atoms with Gasteiger partial charge in [0.1, 0.15) is 5.15 Å². The quantitative estimate of drug-likeness (QED) is 0.593. The van der Waals surface area contributed by atoms with E-state index in [-0.39, 0.29) is 0 Å². The maximum atomic E-state index is 9.59. The van der Waals surface area contributed by atoms with Crippen molar-refractivity contribution in [3.63, 3.8) is 0 Å². The number of aromatic nitrogens is 1. The van der Waals surface area contributed by atoms with Crippen LogP contribution in [0, 0.1) is 12.3 Å². The van der Waals surface area contributed by atoms with Gasteiger partial charge in [0, 0.05) is 12.6 Å². The Labute approximate surface area is 82.6 Å². The van der Waals surface area contributed by atoms with Crippen molar-refractivity contribution in [3.05, 3.63) is 29.0 Å². The molecular weight excluding hydrogens is 186 g/mol. The van der Waals surface area contributed by atoms with Crippen LogP contribution < -0.4 is 0 Å². The Bertz CT molecular complexity index is 319. The molecular formula is C10H10ClNO. The predicted octanol–water partition coefficient (Wildman–Crippen LogP) is 2.18. The SMILES string of the molecule is C#CCCC(O)c1ccnc(Cl)c1. The van der Waals surface area contributed by atoms with E-state index in [4.69, 9.17) is 18.0 Å². The van der Waals surface area contributed by atoms with E-state index in [2.05, 4.69) is 10.9 Å². The molecule has 1 N–H and O–H groups in total. The first kappa shape index (κ1) is 10.0. The summed E-state index contributed by atoms with van der Waals surface area (Å²) < 4.78 is 0. The van der Waals surface area contributed by atoms with Crippen LogP contribution >= 0.6 is 11.6 Å². The second-order valence-electron chi connectivity index (χ2n) is 2.67. The number of aliphatic hydroxyl groups is 1. The highest BCUT2D eigenvalue weighted by Crippen LogP contribution is 2.19. The van der Waals surface area contributed by atoms with Gasteiger partial charge in [-0.2, -0.15) is 0 Å². The van der Waals surface area contributed by atoms with Gasteiger partial charge in [0.25, 0.3) is 0 Å². The standard InChI is InChI=1S/C10H10ClNO/c1-2-3-4-9(13)8-5-6-12-10(11)7-8/h1,5-7,9,13H,3-4H2. The van der Waals surface area contributed by atoms with E-state index < -0.39 is 6.10 Å². The lowest BCUT2D eigenvalue weighted by molar-refractivity contribution is 0.169. The summed E-state index contributed by atoms with van der Waals surface area (Å²) in [6, 6.07) is 3.37. The normalized spacial score (nSPS) is 12.1. The zero-order valence-corrected chi connectivity index (χ0v) is 7.83. The third kappa shape index (κ3) is 3.06. The van der Waals surface area contributed by atoms with Crippen LogP contribution in [0.25, 0.3) is 0 Å². The maximum absolute atomic E-state index is 9.59. The molecule has 1 unspecified atom stereocenters. The first-order chi connectivity index (χ1) is 6.24.